The van der Waals surface area contributed by atoms with E-state index in [4.69, 9.17) is 15.6 Å². The second kappa shape index (κ2) is 6.75. The van der Waals surface area contributed by atoms with Gasteiger partial charge in [-0.1, -0.05) is 12.1 Å². The zero-order chi connectivity index (χ0) is 19.0. The third-order valence-electron chi connectivity index (χ3n) is 4.98. The van der Waals surface area contributed by atoms with Crippen LogP contribution in [-0.4, -0.2) is 33.1 Å². The number of amides is 1. The molecule has 1 atom stereocenters. The SMILES string of the molecule is NC(=O)C1CCc2c1c1c(OCC(=O)O)cccc1n2Cc1cccnc1. The van der Waals surface area contributed by atoms with Crippen LogP contribution in [0.25, 0.3) is 10.9 Å². The molecule has 0 saturated carbocycles. The summed E-state index contributed by atoms with van der Waals surface area (Å²) in [6.45, 7) is 0.163. The van der Waals surface area contributed by atoms with Gasteiger partial charge in [0, 0.05) is 30.0 Å². The number of carbonyl (C=O) groups excluding carboxylic acids is 1. The van der Waals surface area contributed by atoms with Gasteiger partial charge in [0.1, 0.15) is 5.75 Å². The molecule has 0 spiro atoms. The number of benzene rings is 1. The number of carboxylic acid groups (broad SMARTS) is 1. The molecule has 3 N–H and O–H groups in total. The van der Waals surface area contributed by atoms with Crippen LogP contribution in [0.2, 0.25) is 0 Å². The highest BCUT2D eigenvalue weighted by Gasteiger charge is 2.34. The van der Waals surface area contributed by atoms with Gasteiger partial charge in [0.2, 0.25) is 5.91 Å². The fourth-order valence-corrected chi connectivity index (χ4v) is 3.92. The van der Waals surface area contributed by atoms with Gasteiger partial charge in [-0.3, -0.25) is 9.78 Å². The molecule has 3 aromatic rings. The molecule has 138 valence electrons. The van der Waals surface area contributed by atoms with Gasteiger partial charge in [-0.25, -0.2) is 4.79 Å². The van der Waals surface area contributed by atoms with Crippen molar-refractivity contribution >= 4 is 22.8 Å². The highest BCUT2D eigenvalue weighted by molar-refractivity contribution is 5.97. The van der Waals surface area contributed by atoms with E-state index in [2.05, 4.69) is 9.55 Å². The number of aliphatic carboxylic acids is 1. The van der Waals surface area contributed by atoms with E-state index >= 15 is 0 Å². The molecule has 0 radical (unpaired) electrons. The molecule has 2 aromatic heterocycles. The van der Waals surface area contributed by atoms with Crippen LogP contribution in [0, 0.1) is 0 Å². The van der Waals surface area contributed by atoms with Crippen molar-refractivity contribution in [2.24, 2.45) is 5.73 Å². The molecular weight excluding hydrogens is 346 g/mol. The number of pyridine rings is 1. The van der Waals surface area contributed by atoms with Gasteiger partial charge >= 0.3 is 5.97 Å². The summed E-state index contributed by atoms with van der Waals surface area (Å²) in [5.41, 5.74) is 9.49. The highest BCUT2D eigenvalue weighted by atomic mass is 16.5. The van der Waals surface area contributed by atoms with Crippen molar-refractivity contribution in [3.8, 4) is 5.75 Å². The maximum atomic E-state index is 12.0. The van der Waals surface area contributed by atoms with Crippen LogP contribution >= 0.6 is 0 Å². The standard InChI is InChI=1S/C20H19N3O4/c21-20(26)13-6-7-15-18(13)19-14(4-1-5-16(19)27-11-17(24)25)23(15)10-12-3-2-8-22-9-12/h1-5,8-9,13H,6-7,10-11H2,(H2,21,26)(H,24,25). The fourth-order valence-electron chi connectivity index (χ4n) is 3.92. The maximum absolute atomic E-state index is 12.0. The zero-order valence-electron chi connectivity index (χ0n) is 14.6. The van der Waals surface area contributed by atoms with Crippen molar-refractivity contribution in [3.63, 3.8) is 0 Å². The van der Waals surface area contributed by atoms with E-state index < -0.39 is 18.5 Å². The van der Waals surface area contributed by atoms with Crippen LogP contribution in [0.1, 0.15) is 29.2 Å². The van der Waals surface area contributed by atoms with Crippen LogP contribution in [0.3, 0.4) is 0 Å². The van der Waals surface area contributed by atoms with E-state index in [9.17, 15) is 9.59 Å². The Kier molecular flexibility index (Phi) is 4.27. The van der Waals surface area contributed by atoms with Gasteiger partial charge in [0.15, 0.2) is 6.61 Å². The number of hydrogen-bond donors (Lipinski definition) is 2. The molecule has 27 heavy (non-hydrogen) atoms. The minimum Gasteiger partial charge on any atom is -0.481 e. The fraction of sp³-hybridized carbons (Fsp3) is 0.250. The maximum Gasteiger partial charge on any atom is 0.341 e. The predicted molar refractivity (Wildman–Crippen MR) is 98.7 cm³/mol. The Bertz CT molecular complexity index is 1030. The lowest BCUT2D eigenvalue weighted by molar-refractivity contribution is -0.139. The molecule has 1 aliphatic carbocycles. The summed E-state index contributed by atoms with van der Waals surface area (Å²) < 4.78 is 7.67. The lowest BCUT2D eigenvalue weighted by Crippen LogP contribution is -2.19. The monoisotopic (exact) mass is 365 g/mol. The number of nitrogens with zero attached hydrogens (tertiary/aromatic N) is 2. The molecule has 7 heteroatoms. The summed E-state index contributed by atoms with van der Waals surface area (Å²) in [5.74, 6) is -1.36. The summed E-state index contributed by atoms with van der Waals surface area (Å²) in [6.07, 6.45) is 4.92. The van der Waals surface area contributed by atoms with E-state index in [1.165, 1.54) is 0 Å². The number of fused-ring (bicyclic) bond motifs is 3. The third kappa shape index (κ3) is 3.01. The topological polar surface area (TPSA) is 107 Å². The molecule has 0 saturated heterocycles. The number of hydrogen-bond acceptors (Lipinski definition) is 4. The molecule has 1 amide bonds. The molecule has 2 heterocycles. The summed E-state index contributed by atoms with van der Waals surface area (Å²) in [7, 11) is 0. The van der Waals surface area contributed by atoms with Crippen molar-refractivity contribution in [2.75, 3.05) is 6.61 Å². The first-order valence-electron chi connectivity index (χ1n) is 8.73. The van der Waals surface area contributed by atoms with Gasteiger partial charge in [0.25, 0.3) is 0 Å². The summed E-state index contributed by atoms with van der Waals surface area (Å²) in [5, 5.41) is 9.75. The molecule has 7 nitrogen and oxygen atoms in total. The van der Waals surface area contributed by atoms with Gasteiger partial charge in [-0.15, -0.1) is 0 Å². The molecule has 1 unspecified atom stereocenters. The predicted octanol–water partition coefficient (Wildman–Crippen LogP) is 2.06. The number of carbonyl (C=O) groups is 2. The van der Waals surface area contributed by atoms with Crippen LogP contribution in [0.4, 0.5) is 0 Å². The van der Waals surface area contributed by atoms with Crippen molar-refractivity contribution in [1.82, 2.24) is 9.55 Å². The zero-order valence-corrected chi connectivity index (χ0v) is 14.6. The first-order valence-corrected chi connectivity index (χ1v) is 8.73. The minimum absolute atomic E-state index is 0.373. The number of rotatable bonds is 6. The minimum atomic E-state index is -1.05. The Morgan fingerprint density at radius 3 is 2.85 bits per heavy atom. The molecule has 0 aliphatic heterocycles. The Balaban J connectivity index is 1.90. The molecule has 1 aromatic carbocycles. The quantitative estimate of drug-likeness (QED) is 0.695. The summed E-state index contributed by atoms with van der Waals surface area (Å²) in [6, 6.07) is 9.39. The van der Waals surface area contributed by atoms with Crippen molar-refractivity contribution in [1.29, 1.82) is 0 Å². The second-order valence-electron chi connectivity index (χ2n) is 6.63. The second-order valence-corrected chi connectivity index (χ2v) is 6.63. The number of carboxylic acids is 1. The average Bonchev–Trinajstić information content (AvgIpc) is 3.21. The smallest absolute Gasteiger partial charge is 0.341 e. The van der Waals surface area contributed by atoms with E-state index in [0.717, 1.165) is 34.1 Å². The summed E-state index contributed by atoms with van der Waals surface area (Å²) >= 11 is 0. The Hall–Kier alpha value is -3.35. The number of primary amides is 1. The third-order valence-corrected chi connectivity index (χ3v) is 4.98. The molecule has 1 aliphatic rings. The number of aromatic nitrogens is 2. The summed E-state index contributed by atoms with van der Waals surface area (Å²) in [4.78, 5) is 27.1. The van der Waals surface area contributed by atoms with E-state index in [-0.39, 0.29) is 5.91 Å². The molecular formula is C20H19N3O4. The lowest BCUT2D eigenvalue weighted by Gasteiger charge is -2.11. The highest BCUT2D eigenvalue weighted by Crippen LogP contribution is 2.44. The van der Waals surface area contributed by atoms with Crippen molar-refractivity contribution in [2.45, 2.75) is 25.3 Å². The van der Waals surface area contributed by atoms with E-state index in [0.29, 0.717) is 18.7 Å². The van der Waals surface area contributed by atoms with E-state index in [1.807, 2.05) is 30.5 Å². The number of ether oxygens (including phenoxy) is 1. The Labute approximate surface area is 155 Å². The number of nitrogens with two attached hydrogens (primary N) is 1. The van der Waals surface area contributed by atoms with Crippen molar-refractivity contribution < 1.29 is 19.4 Å². The van der Waals surface area contributed by atoms with Crippen LogP contribution in [0.5, 0.6) is 5.75 Å². The Morgan fingerprint density at radius 1 is 1.30 bits per heavy atom. The molecule has 4 rings (SSSR count). The molecule has 0 bridgehead atoms. The van der Waals surface area contributed by atoms with Gasteiger partial charge in [-0.2, -0.15) is 0 Å². The van der Waals surface area contributed by atoms with Gasteiger partial charge in [0.05, 0.1) is 11.4 Å². The van der Waals surface area contributed by atoms with Crippen LogP contribution in [-0.2, 0) is 22.6 Å². The Morgan fingerprint density at radius 2 is 2.15 bits per heavy atom. The van der Waals surface area contributed by atoms with Crippen LogP contribution < -0.4 is 10.5 Å². The first-order chi connectivity index (χ1) is 13.1. The van der Waals surface area contributed by atoms with Crippen molar-refractivity contribution in [3.05, 3.63) is 59.5 Å². The van der Waals surface area contributed by atoms with E-state index in [1.54, 1.807) is 12.3 Å². The normalized spacial score (nSPS) is 15.6. The van der Waals surface area contributed by atoms with Gasteiger partial charge < -0.3 is 20.1 Å². The molecule has 0 fully saturated rings. The van der Waals surface area contributed by atoms with Crippen LogP contribution in [0.15, 0.2) is 42.7 Å². The average molecular weight is 365 g/mol. The first kappa shape index (κ1) is 17.1. The van der Waals surface area contributed by atoms with Gasteiger partial charge in [-0.05, 0) is 42.2 Å². The lowest BCUT2D eigenvalue weighted by atomic mass is 9.99. The largest absolute Gasteiger partial charge is 0.481 e.